The van der Waals surface area contributed by atoms with Crippen molar-refractivity contribution in [2.24, 2.45) is 0 Å². The second-order valence-electron chi connectivity index (χ2n) is 3.77. The Morgan fingerprint density at radius 2 is 1.94 bits per heavy atom. The number of thioether (sulfide) groups is 2. The Balaban J connectivity index is 1.89. The van der Waals surface area contributed by atoms with Crippen molar-refractivity contribution in [3.05, 3.63) is 35.9 Å². The van der Waals surface area contributed by atoms with E-state index < -0.39 is 0 Å². The third-order valence-corrected chi connectivity index (χ3v) is 5.61. The molecule has 1 aromatic rings. The molecule has 0 aromatic heterocycles. The van der Waals surface area contributed by atoms with Crippen LogP contribution in [-0.2, 0) is 4.74 Å². The average Bonchev–Trinajstić information content (AvgIpc) is 2.75. The first-order chi connectivity index (χ1) is 7.70. The molecule has 0 bridgehead atoms. The van der Waals surface area contributed by atoms with E-state index in [0.717, 1.165) is 11.5 Å². The summed E-state index contributed by atoms with van der Waals surface area (Å²) in [5.41, 5.74) is 0.624. The molecule has 16 heavy (non-hydrogen) atoms. The van der Waals surface area contributed by atoms with Crippen LogP contribution in [0.3, 0.4) is 0 Å². The molecule has 1 aliphatic heterocycles. The number of esters is 1. The maximum absolute atomic E-state index is 11.7. The van der Waals surface area contributed by atoms with Crippen LogP contribution in [0, 0.1) is 0 Å². The van der Waals surface area contributed by atoms with E-state index in [-0.39, 0.29) is 10.0 Å². The van der Waals surface area contributed by atoms with E-state index in [4.69, 9.17) is 4.74 Å². The molecule has 1 aromatic carbocycles. The molecular weight excluding hydrogens is 240 g/mol. The SMILES string of the molecule is CC1(COC(=O)c2ccccc2)SCCS1. The third kappa shape index (κ3) is 2.95. The quantitative estimate of drug-likeness (QED) is 0.775. The molecule has 0 N–H and O–H groups in total. The van der Waals surface area contributed by atoms with Gasteiger partial charge in [0.25, 0.3) is 0 Å². The molecule has 0 atom stereocenters. The molecule has 0 radical (unpaired) electrons. The topological polar surface area (TPSA) is 26.3 Å². The number of rotatable bonds is 3. The summed E-state index contributed by atoms with van der Waals surface area (Å²) in [7, 11) is 0. The summed E-state index contributed by atoms with van der Waals surface area (Å²) in [6, 6.07) is 9.13. The number of benzene rings is 1. The van der Waals surface area contributed by atoms with E-state index in [1.165, 1.54) is 0 Å². The fourth-order valence-electron chi connectivity index (χ4n) is 1.49. The van der Waals surface area contributed by atoms with Crippen molar-refractivity contribution in [2.75, 3.05) is 18.1 Å². The molecule has 86 valence electrons. The Morgan fingerprint density at radius 3 is 2.56 bits per heavy atom. The largest absolute Gasteiger partial charge is 0.460 e. The molecule has 1 saturated heterocycles. The molecule has 1 fully saturated rings. The highest BCUT2D eigenvalue weighted by atomic mass is 32.2. The highest BCUT2D eigenvalue weighted by molar-refractivity contribution is 8.21. The zero-order chi connectivity index (χ0) is 11.4. The second kappa shape index (κ2) is 5.15. The van der Waals surface area contributed by atoms with Crippen LogP contribution in [-0.4, -0.2) is 28.2 Å². The molecule has 0 spiro atoms. The van der Waals surface area contributed by atoms with Gasteiger partial charge in [-0.1, -0.05) is 18.2 Å². The Bertz CT molecular complexity index is 359. The summed E-state index contributed by atoms with van der Waals surface area (Å²) >= 11 is 3.74. The Labute approximate surface area is 104 Å². The predicted molar refractivity (Wildman–Crippen MR) is 70.0 cm³/mol. The normalized spacial score (nSPS) is 18.3. The van der Waals surface area contributed by atoms with Gasteiger partial charge in [-0.2, -0.15) is 0 Å². The monoisotopic (exact) mass is 254 g/mol. The number of ether oxygens (including phenoxy) is 1. The van der Waals surface area contributed by atoms with E-state index in [1.54, 1.807) is 12.1 Å². The molecule has 2 rings (SSSR count). The zero-order valence-corrected chi connectivity index (χ0v) is 10.8. The maximum Gasteiger partial charge on any atom is 0.338 e. The van der Waals surface area contributed by atoms with Gasteiger partial charge in [0.15, 0.2) is 0 Å². The van der Waals surface area contributed by atoms with E-state index in [2.05, 4.69) is 6.92 Å². The number of hydrogen-bond acceptors (Lipinski definition) is 4. The van der Waals surface area contributed by atoms with Crippen molar-refractivity contribution < 1.29 is 9.53 Å². The van der Waals surface area contributed by atoms with Crippen LogP contribution < -0.4 is 0 Å². The summed E-state index contributed by atoms with van der Waals surface area (Å²) in [5.74, 6) is 2.06. The second-order valence-corrected chi connectivity index (χ2v) is 7.23. The highest BCUT2D eigenvalue weighted by Crippen LogP contribution is 2.43. The lowest BCUT2D eigenvalue weighted by atomic mass is 10.2. The zero-order valence-electron chi connectivity index (χ0n) is 9.14. The van der Waals surface area contributed by atoms with Crippen molar-refractivity contribution in [3.8, 4) is 0 Å². The van der Waals surface area contributed by atoms with Crippen molar-refractivity contribution in [3.63, 3.8) is 0 Å². The van der Waals surface area contributed by atoms with Crippen molar-refractivity contribution in [2.45, 2.75) is 11.0 Å². The van der Waals surface area contributed by atoms with Gasteiger partial charge in [0, 0.05) is 11.5 Å². The molecule has 4 heteroatoms. The summed E-state index contributed by atoms with van der Waals surface area (Å²) in [6.07, 6.45) is 0. The van der Waals surface area contributed by atoms with E-state index in [0.29, 0.717) is 12.2 Å². The fourth-order valence-corrected chi connectivity index (χ4v) is 4.14. The Morgan fingerprint density at radius 1 is 1.31 bits per heavy atom. The van der Waals surface area contributed by atoms with Crippen molar-refractivity contribution in [1.29, 1.82) is 0 Å². The third-order valence-electron chi connectivity index (χ3n) is 2.37. The van der Waals surface area contributed by atoms with Gasteiger partial charge in [0.2, 0.25) is 0 Å². The van der Waals surface area contributed by atoms with Gasteiger partial charge in [0.1, 0.15) is 6.61 Å². The number of carbonyl (C=O) groups excluding carboxylic acids is 1. The van der Waals surface area contributed by atoms with Gasteiger partial charge >= 0.3 is 5.97 Å². The molecular formula is C12H14O2S2. The van der Waals surface area contributed by atoms with Gasteiger partial charge in [-0.05, 0) is 19.1 Å². The van der Waals surface area contributed by atoms with Gasteiger partial charge in [-0.15, -0.1) is 23.5 Å². The van der Waals surface area contributed by atoms with Crippen LogP contribution in [0.5, 0.6) is 0 Å². The van der Waals surface area contributed by atoms with Crippen LogP contribution in [0.15, 0.2) is 30.3 Å². The van der Waals surface area contributed by atoms with Crippen LogP contribution in [0.4, 0.5) is 0 Å². The maximum atomic E-state index is 11.7. The Kier molecular flexibility index (Phi) is 3.82. The number of carbonyl (C=O) groups is 1. The minimum atomic E-state index is -0.227. The van der Waals surface area contributed by atoms with Crippen LogP contribution in [0.2, 0.25) is 0 Å². The van der Waals surface area contributed by atoms with Gasteiger partial charge in [0.05, 0.1) is 9.64 Å². The summed E-state index contributed by atoms with van der Waals surface area (Å²) < 4.78 is 5.38. The average molecular weight is 254 g/mol. The first kappa shape index (κ1) is 11.9. The molecule has 1 heterocycles. The number of hydrogen-bond donors (Lipinski definition) is 0. The van der Waals surface area contributed by atoms with Crippen molar-refractivity contribution >= 4 is 29.5 Å². The minimum absolute atomic E-state index is 0.0461. The molecule has 0 saturated carbocycles. The van der Waals surface area contributed by atoms with Crippen LogP contribution in [0.1, 0.15) is 17.3 Å². The smallest absolute Gasteiger partial charge is 0.338 e. The molecule has 2 nitrogen and oxygen atoms in total. The van der Waals surface area contributed by atoms with Gasteiger partial charge < -0.3 is 4.74 Å². The Hall–Kier alpha value is -0.610. The van der Waals surface area contributed by atoms with Crippen LogP contribution in [0.25, 0.3) is 0 Å². The van der Waals surface area contributed by atoms with Crippen LogP contribution >= 0.6 is 23.5 Å². The summed E-state index contributed by atoms with van der Waals surface area (Å²) in [5, 5.41) is 0. The first-order valence-corrected chi connectivity index (χ1v) is 7.17. The van der Waals surface area contributed by atoms with E-state index >= 15 is 0 Å². The van der Waals surface area contributed by atoms with Gasteiger partial charge in [-0.3, -0.25) is 0 Å². The molecule has 0 amide bonds. The van der Waals surface area contributed by atoms with Crippen molar-refractivity contribution in [1.82, 2.24) is 0 Å². The van der Waals surface area contributed by atoms with E-state index in [1.807, 2.05) is 41.7 Å². The lowest BCUT2D eigenvalue weighted by molar-refractivity contribution is 0.0501. The first-order valence-electron chi connectivity index (χ1n) is 5.20. The predicted octanol–water partition coefficient (Wildman–Crippen LogP) is 3.04. The lowest BCUT2D eigenvalue weighted by Crippen LogP contribution is -2.22. The molecule has 0 unspecified atom stereocenters. The molecule has 1 aliphatic rings. The van der Waals surface area contributed by atoms with Gasteiger partial charge in [-0.25, -0.2) is 4.79 Å². The highest BCUT2D eigenvalue weighted by Gasteiger charge is 2.31. The molecule has 0 aliphatic carbocycles. The summed E-state index contributed by atoms with van der Waals surface area (Å²) in [6.45, 7) is 2.61. The summed E-state index contributed by atoms with van der Waals surface area (Å²) in [4.78, 5) is 11.7. The lowest BCUT2D eigenvalue weighted by Gasteiger charge is -2.20. The van der Waals surface area contributed by atoms with E-state index in [9.17, 15) is 4.79 Å². The minimum Gasteiger partial charge on any atom is -0.460 e. The standard InChI is InChI=1S/C12H14O2S2/c1-12(15-7-8-16-12)9-14-11(13)10-5-3-2-4-6-10/h2-6H,7-9H2,1H3. The fraction of sp³-hybridized carbons (Fsp3) is 0.417.